The van der Waals surface area contributed by atoms with Gasteiger partial charge < -0.3 is 20.6 Å². The Bertz CT molecular complexity index is 650. The Labute approximate surface area is 124 Å². The van der Waals surface area contributed by atoms with Crippen molar-refractivity contribution < 1.29 is 20.1 Å². The Balaban J connectivity index is 2.87. The molecule has 10 nitrogen and oxygen atoms in total. The molecule has 0 spiro atoms. The Morgan fingerprint density at radius 3 is 2.59 bits per heavy atom. The predicted octanol–water partition coefficient (Wildman–Crippen LogP) is -2.13. The van der Waals surface area contributed by atoms with Gasteiger partial charge in [-0.05, 0) is 6.42 Å². The number of aliphatic imine (C=N–C) groups is 1. The molecule has 0 saturated carbocycles. The van der Waals surface area contributed by atoms with Crippen LogP contribution in [0, 0.1) is 0 Å². The van der Waals surface area contributed by atoms with Gasteiger partial charge in [-0.25, -0.2) is 9.79 Å². The van der Waals surface area contributed by atoms with Crippen LogP contribution in [-0.4, -0.2) is 62.6 Å². The van der Waals surface area contributed by atoms with Gasteiger partial charge in [-0.1, -0.05) is 0 Å². The molecule has 1 heterocycles. The topological polar surface area (TPSA) is 168 Å². The lowest BCUT2D eigenvalue weighted by Gasteiger charge is -2.16. The second kappa shape index (κ2) is 8.22. The molecular formula is C12H18N4O6. The molecule has 22 heavy (non-hydrogen) atoms. The number of aliphatic hydroxyl groups excluding tert-OH is 3. The van der Waals surface area contributed by atoms with Crippen molar-refractivity contribution in [1.29, 1.82) is 0 Å². The number of hydrogen-bond donors (Lipinski definition) is 6. The fraction of sp³-hybridized carbons (Fsp3) is 0.500. The number of H-pyrrole nitrogens is 2. The van der Waals surface area contributed by atoms with Gasteiger partial charge in [0.25, 0.3) is 5.56 Å². The highest BCUT2D eigenvalue weighted by Crippen LogP contribution is 2.14. The first-order valence-electron chi connectivity index (χ1n) is 6.47. The zero-order valence-corrected chi connectivity index (χ0v) is 11.9. The van der Waals surface area contributed by atoms with Crippen LogP contribution in [0.25, 0.3) is 0 Å². The third-order valence-corrected chi connectivity index (χ3v) is 2.67. The van der Waals surface area contributed by atoms with Crippen molar-refractivity contribution >= 4 is 23.5 Å². The smallest absolute Gasteiger partial charge is 0.327 e. The zero-order valence-electron chi connectivity index (χ0n) is 11.9. The first-order valence-corrected chi connectivity index (χ1v) is 6.47. The number of carbonyl (C=O) groups is 1. The molecule has 2 unspecified atom stereocenters. The fourth-order valence-electron chi connectivity index (χ4n) is 1.55. The quantitative estimate of drug-likeness (QED) is 0.298. The van der Waals surface area contributed by atoms with Crippen LogP contribution in [0.3, 0.4) is 0 Å². The van der Waals surface area contributed by atoms with Gasteiger partial charge in [-0.15, -0.1) is 0 Å². The molecule has 1 aromatic heterocycles. The fourth-order valence-corrected chi connectivity index (χ4v) is 1.55. The molecule has 0 bridgehead atoms. The summed E-state index contributed by atoms with van der Waals surface area (Å²) in [6.45, 7) is 0.750. The van der Waals surface area contributed by atoms with Crippen molar-refractivity contribution in [2.24, 2.45) is 4.99 Å². The van der Waals surface area contributed by atoms with Gasteiger partial charge >= 0.3 is 5.69 Å². The zero-order chi connectivity index (χ0) is 16.7. The summed E-state index contributed by atoms with van der Waals surface area (Å²) in [7, 11) is 0. The third-order valence-electron chi connectivity index (χ3n) is 2.67. The number of hydrogen-bond acceptors (Lipinski definition) is 8. The van der Waals surface area contributed by atoms with Crippen molar-refractivity contribution in [3.63, 3.8) is 0 Å². The van der Waals surface area contributed by atoms with Crippen molar-refractivity contribution in [3.8, 4) is 0 Å². The van der Waals surface area contributed by atoms with E-state index in [0.717, 1.165) is 6.21 Å². The van der Waals surface area contributed by atoms with Crippen molar-refractivity contribution in [2.75, 3.05) is 18.5 Å². The van der Waals surface area contributed by atoms with Crippen LogP contribution in [0.4, 0.5) is 11.5 Å². The first kappa shape index (κ1) is 17.8. The maximum Gasteiger partial charge on any atom is 0.327 e. The van der Waals surface area contributed by atoms with Crippen molar-refractivity contribution in [2.45, 2.75) is 25.6 Å². The standard InChI is InChI=1S/C12H18N4O6/c1-6(18)4-14-9-10(15-12(22)16-11(9)21)13-3-2-7(19)8(20)5-17/h4,7-8,17,19-20H,2-3,5H2,1H3,(H3,13,15,16,21,22). The van der Waals surface area contributed by atoms with Gasteiger partial charge in [0.2, 0.25) is 0 Å². The average Bonchev–Trinajstić information content (AvgIpc) is 2.44. The van der Waals surface area contributed by atoms with Crippen LogP contribution in [0.5, 0.6) is 0 Å². The molecule has 10 heteroatoms. The molecule has 122 valence electrons. The minimum Gasteiger partial charge on any atom is -0.394 e. The van der Waals surface area contributed by atoms with Gasteiger partial charge in [0.05, 0.1) is 18.9 Å². The average molecular weight is 314 g/mol. The van der Waals surface area contributed by atoms with Crippen LogP contribution in [0.15, 0.2) is 14.6 Å². The second-order valence-corrected chi connectivity index (χ2v) is 4.53. The number of nitrogens with zero attached hydrogens (tertiary/aromatic N) is 1. The minimum atomic E-state index is -1.28. The van der Waals surface area contributed by atoms with E-state index in [1.807, 2.05) is 4.98 Å². The lowest BCUT2D eigenvalue weighted by molar-refractivity contribution is -0.110. The summed E-state index contributed by atoms with van der Waals surface area (Å²) in [5.74, 6) is -0.394. The summed E-state index contributed by atoms with van der Waals surface area (Å²) in [6, 6.07) is 0. The Kier molecular flexibility index (Phi) is 6.63. The van der Waals surface area contributed by atoms with Crippen molar-refractivity contribution in [1.82, 2.24) is 9.97 Å². The van der Waals surface area contributed by atoms with E-state index in [9.17, 15) is 24.6 Å². The number of aliphatic hydroxyl groups is 3. The SMILES string of the molecule is CC(=O)C=Nc1c(NCCC(O)C(O)CO)[nH]c(=O)[nH]c1=O. The number of nitrogens with one attached hydrogen (secondary N) is 3. The molecule has 0 fully saturated rings. The van der Waals surface area contributed by atoms with Crippen LogP contribution in [0.1, 0.15) is 13.3 Å². The number of Topliss-reactive ketones (excluding diaryl/α,β-unsaturated/α-hetero) is 1. The monoisotopic (exact) mass is 314 g/mol. The Hall–Kier alpha value is -2.30. The van der Waals surface area contributed by atoms with E-state index in [1.54, 1.807) is 0 Å². The number of ketones is 1. The van der Waals surface area contributed by atoms with E-state index in [2.05, 4.69) is 15.3 Å². The molecule has 0 saturated heterocycles. The van der Waals surface area contributed by atoms with Crippen LogP contribution in [-0.2, 0) is 4.79 Å². The first-order chi connectivity index (χ1) is 10.3. The maximum atomic E-state index is 11.7. The van der Waals surface area contributed by atoms with E-state index < -0.39 is 30.1 Å². The number of aromatic nitrogens is 2. The highest BCUT2D eigenvalue weighted by atomic mass is 16.4. The van der Waals surface area contributed by atoms with Gasteiger partial charge in [-0.3, -0.25) is 19.6 Å². The van der Waals surface area contributed by atoms with E-state index in [-0.39, 0.29) is 30.3 Å². The lowest BCUT2D eigenvalue weighted by Crippen LogP contribution is -2.31. The molecular weight excluding hydrogens is 296 g/mol. The molecule has 0 aliphatic carbocycles. The Morgan fingerprint density at radius 2 is 2.00 bits per heavy atom. The van der Waals surface area contributed by atoms with E-state index in [4.69, 9.17) is 5.11 Å². The van der Waals surface area contributed by atoms with E-state index in [1.165, 1.54) is 6.92 Å². The van der Waals surface area contributed by atoms with Gasteiger partial charge in [0.15, 0.2) is 11.5 Å². The maximum absolute atomic E-state index is 11.7. The minimum absolute atomic E-state index is 0.0167. The van der Waals surface area contributed by atoms with Crippen LogP contribution in [0.2, 0.25) is 0 Å². The predicted molar refractivity (Wildman–Crippen MR) is 78.7 cm³/mol. The van der Waals surface area contributed by atoms with Crippen LogP contribution < -0.4 is 16.6 Å². The number of aromatic amines is 2. The summed E-state index contributed by atoms with van der Waals surface area (Å²) in [5.41, 5.74) is -1.73. The summed E-state index contributed by atoms with van der Waals surface area (Å²) in [4.78, 5) is 41.8. The lowest BCUT2D eigenvalue weighted by atomic mass is 10.1. The largest absolute Gasteiger partial charge is 0.394 e. The van der Waals surface area contributed by atoms with Gasteiger partial charge in [-0.2, -0.15) is 0 Å². The molecule has 0 radical (unpaired) electrons. The number of rotatable bonds is 8. The third kappa shape index (κ3) is 5.24. The molecule has 0 aromatic carbocycles. The molecule has 0 aliphatic rings. The molecule has 0 aliphatic heterocycles. The summed E-state index contributed by atoms with van der Waals surface area (Å²) in [5, 5.41) is 30.1. The highest BCUT2D eigenvalue weighted by molar-refractivity contribution is 6.26. The van der Waals surface area contributed by atoms with Gasteiger partial charge in [0, 0.05) is 13.5 Å². The van der Waals surface area contributed by atoms with Crippen molar-refractivity contribution in [3.05, 3.63) is 20.8 Å². The van der Waals surface area contributed by atoms with Gasteiger partial charge in [0.1, 0.15) is 11.9 Å². The molecule has 1 rings (SSSR count). The molecule has 2 atom stereocenters. The van der Waals surface area contributed by atoms with E-state index >= 15 is 0 Å². The second-order valence-electron chi connectivity index (χ2n) is 4.53. The molecule has 1 aromatic rings. The molecule has 0 amide bonds. The normalized spacial score (nSPS) is 14.0. The van der Waals surface area contributed by atoms with E-state index in [0.29, 0.717) is 0 Å². The highest BCUT2D eigenvalue weighted by Gasteiger charge is 2.15. The summed E-state index contributed by atoms with van der Waals surface area (Å²) >= 11 is 0. The summed E-state index contributed by atoms with van der Waals surface area (Å²) in [6.07, 6.45) is -1.48. The Morgan fingerprint density at radius 1 is 1.32 bits per heavy atom. The summed E-state index contributed by atoms with van der Waals surface area (Å²) < 4.78 is 0. The van der Waals surface area contributed by atoms with Crippen LogP contribution >= 0.6 is 0 Å². The molecule has 6 N–H and O–H groups in total. The number of carbonyl (C=O) groups excluding carboxylic acids is 1. The number of anilines is 1.